The molecular formula is C20H21FN8O. The molecule has 0 bridgehead atoms. The largest absolute Gasteiger partial charge is 0.365 e. The maximum atomic E-state index is 14.3. The van der Waals surface area contributed by atoms with Crippen molar-refractivity contribution in [2.75, 3.05) is 32.0 Å². The van der Waals surface area contributed by atoms with Crippen LogP contribution in [0.4, 0.5) is 10.2 Å². The van der Waals surface area contributed by atoms with Crippen molar-refractivity contribution in [3.8, 4) is 17.3 Å². The van der Waals surface area contributed by atoms with E-state index in [-0.39, 0.29) is 17.2 Å². The standard InChI is InChI=1S/C20H21FN8O/c1-23-19(30)16-10-29-9-15(13-2-5-25-8-14(13)21)27-17(18(29)28-16)26-12-20(11-22)3-6-24-7-4-20/h2,5,8-10,24H,3-4,6-7,12H2,1H3,(H,23,30)(H,26,27). The maximum absolute atomic E-state index is 14.3. The molecule has 1 amide bonds. The quantitative estimate of drug-likeness (QED) is 0.586. The van der Waals surface area contributed by atoms with Crippen LogP contribution in [0.2, 0.25) is 0 Å². The van der Waals surface area contributed by atoms with Gasteiger partial charge >= 0.3 is 0 Å². The van der Waals surface area contributed by atoms with E-state index in [4.69, 9.17) is 0 Å². The van der Waals surface area contributed by atoms with E-state index in [1.165, 1.54) is 19.3 Å². The van der Waals surface area contributed by atoms with Gasteiger partial charge in [0.25, 0.3) is 5.91 Å². The molecule has 0 unspecified atom stereocenters. The Morgan fingerprint density at radius 3 is 2.87 bits per heavy atom. The monoisotopic (exact) mass is 408 g/mol. The second kappa shape index (κ2) is 8.04. The van der Waals surface area contributed by atoms with Crippen LogP contribution >= 0.6 is 0 Å². The molecule has 1 saturated heterocycles. The Morgan fingerprint density at radius 1 is 1.37 bits per heavy atom. The molecular weight excluding hydrogens is 387 g/mol. The van der Waals surface area contributed by atoms with Crippen LogP contribution in [0.5, 0.6) is 0 Å². The van der Waals surface area contributed by atoms with E-state index in [2.05, 4.69) is 37.0 Å². The fraction of sp³-hybridized carbons (Fsp3) is 0.350. The summed E-state index contributed by atoms with van der Waals surface area (Å²) in [5, 5.41) is 18.8. The fourth-order valence-electron chi connectivity index (χ4n) is 3.55. The summed E-state index contributed by atoms with van der Waals surface area (Å²) in [6, 6.07) is 3.97. The predicted octanol–water partition coefficient (Wildman–Crippen LogP) is 1.60. The van der Waals surface area contributed by atoms with E-state index < -0.39 is 11.2 Å². The molecule has 10 heteroatoms. The number of hydrogen-bond donors (Lipinski definition) is 3. The summed E-state index contributed by atoms with van der Waals surface area (Å²) in [6.07, 6.45) is 7.21. The Morgan fingerprint density at radius 2 is 2.17 bits per heavy atom. The lowest BCUT2D eigenvalue weighted by molar-refractivity contribution is 0.0959. The lowest BCUT2D eigenvalue weighted by atomic mass is 9.80. The van der Waals surface area contributed by atoms with Crippen molar-refractivity contribution in [1.29, 1.82) is 5.26 Å². The minimum Gasteiger partial charge on any atom is -0.365 e. The number of pyridine rings is 1. The first-order valence-corrected chi connectivity index (χ1v) is 9.63. The molecule has 9 nitrogen and oxygen atoms in total. The average Bonchev–Trinajstić information content (AvgIpc) is 3.22. The Balaban J connectivity index is 1.77. The van der Waals surface area contributed by atoms with Crippen molar-refractivity contribution in [2.45, 2.75) is 12.8 Å². The molecule has 1 aliphatic heterocycles. The molecule has 0 atom stereocenters. The lowest BCUT2D eigenvalue weighted by Gasteiger charge is -2.31. The highest BCUT2D eigenvalue weighted by Crippen LogP contribution is 2.30. The van der Waals surface area contributed by atoms with E-state index in [0.29, 0.717) is 36.5 Å². The number of carbonyl (C=O) groups excluding carboxylic acids is 1. The van der Waals surface area contributed by atoms with Crippen molar-refractivity contribution in [3.63, 3.8) is 0 Å². The molecule has 1 aliphatic rings. The molecule has 0 radical (unpaired) electrons. The van der Waals surface area contributed by atoms with E-state index in [0.717, 1.165) is 19.3 Å². The molecule has 30 heavy (non-hydrogen) atoms. The zero-order valence-electron chi connectivity index (χ0n) is 16.4. The predicted molar refractivity (Wildman–Crippen MR) is 108 cm³/mol. The highest BCUT2D eigenvalue weighted by Gasteiger charge is 2.32. The summed E-state index contributed by atoms with van der Waals surface area (Å²) < 4.78 is 16.0. The van der Waals surface area contributed by atoms with Gasteiger partial charge in [-0.25, -0.2) is 14.4 Å². The van der Waals surface area contributed by atoms with Crippen molar-refractivity contribution >= 4 is 17.4 Å². The van der Waals surface area contributed by atoms with Gasteiger partial charge in [-0.1, -0.05) is 0 Å². The van der Waals surface area contributed by atoms with Gasteiger partial charge in [0.05, 0.1) is 23.4 Å². The number of imidazole rings is 1. The smallest absolute Gasteiger partial charge is 0.271 e. The van der Waals surface area contributed by atoms with Crippen LogP contribution in [0.1, 0.15) is 23.3 Å². The number of hydrogen-bond acceptors (Lipinski definition) is 7. The number of aromatic nitrogens is 4. The third-order valence-corrected chi connectivity index (χ3v) is 5.34. The Kier molecular flexibility index (Phi) is 5.29. The summed E-state index contributed by atoms with van der Waals surface area (Å²) in [6.45, 7) is 1.91. The second-order valence-corrected chi connectivity index (χ2v) is 7.26. The van der Waals surface area contributed by atoms with Crippen LogP contribution < -0.4 is 16.0 Å². The number of anilines is 1. The number of piperidine rings is 1. The maximum Gasteiger partial charge on any atom is 0.271 e. The van der Waals surface area contributed by atoms with Gasteiger partial charge in [0.1, 0.15) is 5.69 Å². The number of rotatable bonds is 5. The van der Waals surface area contributed by atoms with Crippen LogP contribution in [-0.2, 0) is 0 Å². The summed E-state index contributed by atoms with van der Waals surface area (Å²) in [5.41, 5.74) is 0.752. The number of nitrogens with zero attached hydrogens (tertiary/aromatic N) is 5. The number of fused-ring (bicyclic) bond motifs is 1. The first kappa shape index (κ1) is 19.7. The summed E-state index contributed by atoms with van der Waals surface area (Å²) in [7, 11) is 1.52. The fourth-order valence-corrected chi connectivity index (χ4v) is 3.55. The number of halogens is 1. The van der Waals surface area contributed by atoms with Gasteiger partial charge in [-0.3, -0.25) is 9.78 Å². The van der Waals surface area contributed by atoms with Crippen molar-refractivity contribution in [2.24, 2.45) is 5.41 Å². The zero-order valence-corrected chi connectivity index (χ0v) is 16.4. The van der Waals surface area contributed by atoms with E-state index in [1.807, 2.05) is 0 Å². The second-order valence-electron chi connectivity index (χ2n) is 7.26. The minimum atomic E-state index is -0.530. The molecule has 0 spiro atoms. The van der Waals surface area contributed by atoms with Crippen molar-refractivity contribution in [3.05, 3.63) is 42.4 Å². The SMILES string of the molecule is CNC(=O)c1cn2cc(-c3ccncc3F)nc(NCC3(C#N)CCNCC3)c2n1. The third-order valence-electron chi connectivity index (χ3n) is 5.34. The molecule has 0 aliphatic carbocycles. The average molecular weight is 408 g/mol. The van der Waals surface area contributed by atoms with Gasteiger partial charge in [0.15, 0.2) is 17.3 Å². The van der Waals surface area contributed by atoms with Crippen molar-refractivity contribution < 1.29 is 9.18 Å². The number of carbonyl (C=O) groups is 1. The van der Waals surface area contributed by atoms with Crippen LogP contribution in [0.15, 0.2) is 30.9 Å². The van der Waals surface area contributed by atoms with E-state index in [9.17, 15) is 14.4 Å². The molecule has 3 N–H and O–H groups in total. The molecule has 154 valence electrons. The van der Waals surface area contributed by atoms with E-state index >= 15 is 0 Å². The van der Waals surface area contributed by atoms with Gasteiger partial charge in [-0.2, -0.15) is 5.26 Å². The Bertz CT molecular complexity index is 1130. The molecule has 1 fully saturated rings. The first-order chi connectivity index (χ1) is 14.5. The zero-order chi connectivity index (χ0) is 21.1. The normalized spacial score (nSPS) is 15.5. The molecule has 4 heterocycles. The lowest BCUT2D eigenvalue weighted by Crippen LogP contribution is -2.40. The van der Waals surface area contributed by atoms with E-state index in [1.54, 1.807) is 16.8 Å². The molecule has 0 aromatic carbocycles. The Hall–Kier alpha value is -3.58. The summed E-state index contributed by atoms with van der Waals surface area (Å²) in [4.78, 5) is 24.8. The van der Waals surface area contributed by atoms with Crippen LogP contribution in [-0.4, -0.2) is 51.9 Å². The summed E-state index contributed by atoms with van der Waals surface area (Å²) >= 11 is 0. The van der Waals surface area contributed by atoms with Crippen LogP contribution in [0, 0.1) is 22.6 Å². The van der Waals surface area contributed by atoms with Crippen LogP contribution in [0.3, 0.4) is 0 Å². The third kappa shape index (κ3) is 3.67. The minimum absolute atomic E-state index is 0.214. The van der Waals surface area contributed by atoms with Gasteiger partial charge in [-0.15, -0.1) is 0 Å². The molecule has 4 rings (SSSR count). The van der Waals surface area contributed by atoms with Gasteiger partial charge in [-0.05, 0) is 32.0 Å². The highest BCUT2D eigenvalue weighted by molar-refractivity contribution is 5.93. The van der Waals surface area contributed by atoms with Gasteiger partial charge in [0, 0.05) is 37.7 Å². The molecule has 0 saturated carbocycles. The summed E-state index contributed by atoms with van der Waals surface area (Å²) in [5.74, 6) is -0.464. The van der Waals surface area contributed by atoms with Gasteiger partial charge in [0.2, 0.25) is 0 Å². The number of nitriles is 1. The van der Waals surface area contributed by atoms with Crippen LogP contribution in [0.25, 0.3) is 16.9 Å². The molecule has 3 aromatic heterocycles. The first-order valence-electron chi connectivity index (χ1n) is 9.63. The number of amides is 1. The van der Waals surface area contributed by atoms with Crippen molar-refractivity contribution in [1.82, 2.24) is 30.0 Å². The molecule has 3 aromatic rings. The highest BCUT2D eigenvalue weighted by atomic mass is 19.1. The number of nitrogens with one attached hydrogen (secondary N) is 3. The Labute approximate surface area is 172 Å². The van der Waals surface area contributed by atoms with Gasteiger partial charge < -0.3 is 20.4 Å². The topological polar surface area (TPSA) is 120 Å².